The average molecular weight is 217 g/mol. The summed E-state index contributed by atoms with van der Waals surface area (Å²) in [5.74, 6) is 1.13. The summed E-state index contributed by atoms with van der Waals surface area (Å²) >= 11 is 1.80. The van der Waals surface area contributed by atoms with Crippen molar-refractivity contribution in [3.8, 4) is 0 Å². The van der Waals surface area contributed by atoms with Crippen molar-refractivity contribution in [2.24, 2.45) is 0 Å². The molecule has 0 heterocycles. The van der Waals surface area contributed by atoms with E-state index in [4.69, 9.17) is 0 Å². The van der Waals surface area contributed by atoms with Gasteiger partial charge in [0.2, 0.25) is 5.91 Å². The Morgan fingerprint density at radius 1 is 1.36 bits per heavy atom. The van der Waals surface area contributed by atoms with E-state index < -0.39 is 0 Å². The summed E-state index contributed by atoms with van der Waals surface area (Å²) in [5, 5.41) is 3.00. The minimum Gasteiger partial charge on any atom is -0.353 e. The molecule has 1 unspecified atom stereocenters. The van der Waals surface area contributed by atoms with Crippen LogP contribution in [0.25, 0.3) is 0 Å². The molecule has 0 aliphatic rings. The SMILES string of the molecule is CCCCCCC(CSC)NC(C)=O. The number of thioether (sulfide) groups is 1. The highest BCUT2D eigenvalue weighted by Gasteiger charge is 2.08. The lowest BCUT2D eigenvalue weighted by Crippen LogP contribution is -2.34. The van der Waals surface area contributed by atoms with Crippen LogP contribution in [0, 0.1) is 0 Å². The predicted octanol–water partition coefficient (Wildman–Crippen LogP) is 2.82. The minimum atomic E-state index is 0.0968. The van der Waals surface area contributed by atoms with Crippen molar-refractivity contribution < 1.29 is 4.79 Å². The average Bonchev–Trinajstić information content (AvgIpc) is 2.12. The van der Waals surface area contributed by atoms with Crippen LogP contribution in [-0.2, 0) is 4.79 Å². The van der Waals surface area contributed by atoms with E-state index in [2.05, 4.69) is 18.5 Å². The van der Waals surface area contributed by atoms with Gasteiger partial charge in [-0.3, -0.25) is 4.79 Å². The first-order valence-electron chi connectivity index (χ1n) is 5.46. The Hall–Kier alpha value is -0.180. The molecule has 0 aromatic carbocycles. The van der Waals surface area contributed by atoms with Crippen LogP contribution in [0.1, 0.15) is 46.0 Å². The van der Waals surface area contributed by atoms with E-state index in [9.17, 15) is 4.79 Å². The van der Waals surface area contributed by atoms with E-state index in [0.29, 0.717) is 6.04 Å². The highest BCUT2D eigenvalue weighted by atomic mass is 32.2. The summed E-state index contributed by atoms with van der Waals surface area (Å²) < 4.78 is 0. The molecule has 2 nitrogen and oxygen atoms in total. The zero-order chi connectivity index (χ0) is 10.8. The summed E-state index contributed by atoms with van der Waals surface area (Å²) in [5.41, 5.74) is 0. The van der Waals surface area contributed by atoms with Crippen LogP contribution in [0.5, 0.6) is 0 Å². The van der Waals surface area contributed by atoms with Gasteiger partial charge in [-0.25, -0.2) is 0 Å². The Kier molecular flexibility index (Phi) is 9.26. The van der Waals surface area contributed by atoms with Crippen LogP contribution >= 0.6 is 11.8 Å². The molecule has 0 bridgehead atoms. The minimum absolute atomic E-state index is 0.0968. The lowest BCUT2D eigenvalue weighted by molar-refractivity contribution is -0.119. The van der Waals surface area contributed by atoms with E-state index in [1.165, 1.54) is 25.7 Å². The summed E-state index contributed by atoms with van der Waals surface area (Å²) in [6, 6.07) is 0.374. The lowest BCUT2D eigenvalue weighted by atomic mass is 10.1. The van der Waals surface area contributed by atoms with Gasteiger partial charge < -0.3 is 5.32 Å². The molecule has 1 atom stereocenters. The summed E-state index contributed by atoms with van der Waals surface area (Å²) in [7, 11) is 0. The molecule has 0 aliphatic heterocycles. The highest BCUT2D eigenvalue weighted by molar-refractivity contribution is 7.98. The van der Waals surface area contributed by atoms with Gasteiger partial charge in [-0.15, -0.1) is 0 Å². The Labute approximate surface area is 92.2 Å². The smallest absolute Gasteiger partial charge is 0.217 e. The summed E-state index contributed by atoms with van der Waals surface area (Å²) in [6.07, 6.45) is 8.32. The second-order valence-corrected chi connectivity index (χ2v) is 4.61. The van der Waals surface area contributed by atoms with Gasteiger partial charge in [-0.1, -0.05) is 32.6 Å². The van der Waals surface area contributed by atoms with Gasteiger partial charge in [0, 0.05) is 18.7 Å². The molecule has 0 aliphatic carbocycles. The van der Waals surface area contributed by atoms with Crippen molar-refractivity contribution in [2.75, 3.05) is 12.0 Å². The lowest BCUT2D eigenvalue weighted by Gasteiger charge is -2.16. The van der Waals surface area contributed by atoms with E-state index >= 15 is 0 Å². The number of hydrogen-bond acceptors (Lipinski definition) is 2. The monoisotopic (exact) mass is 217 g/mol. The third-order valence-electron chi connectivity index (χ3n) is 2.18. The van der Waals surface area contributed by atoms with Crippen molar-refractivity contribution in [3.63, 3.8) is 0 Å². The summed E-state index contributed by atoms with van der Waals surface area (Å²) in [6.45, 7) is 3.81. The molecule has 0 rings (SSSR count). The number of hydrogen-bond donors (Lipinski definition) is 1. The molecule has 1 amide bonds. The van der Waals surface area contributed by atoms with Gasteiger partial charge in [-0.2, -0.15) is 11.8 Å². The third-order valence-corrected chi connectivity index (χ3v) is 2.92. The van der Waals surface area contributed by atoms with Crippen LogP contribution in [0.15, 0.2) is 0 Å². The molecule has 0 radical (unpaired) electrons. The second-order valence-electron chi connectivity index (χ2n) is 3.70. The molecule has 14 heavy (non-hydrogen) atoms. The molecule has 1 N–H and O–H groups in total. The standard InChI is InChI=1S/C11H23NOS/c1-4-5-6-7-8-11(9-14-3)12-10(2)13/h11H,4-9H2,1-3H3,(H,12,13). The summed E-state index contributed by atoms with van der Waals surface area (Å²) in [4.78, 5) is 10.9. The molecule has 0 aromatic rings. The van der Waals surface area contributed by atoms with Gasteiger partial charge in [-0.05, 0) is 12.7 Å². The molecule has 84 valence electrons. The van der Waals surface area contributed by atoms with Crippen LogP contribution < -0.4 is 5.32 Å². The molecule has 0 aromatic heterocycles. The maximum Gasteiger partial charge on any atom is 0.217 e. The van der Waals surface area contributed by atoms with E-state index in [0.717, 1.165) is 12.2 Å². The Balaban J connectivity index is 3.56. The predicted molar refractivity (Wildman–Crippen MR) is 64.7 cm³/mol. The molecule has 3 heteroatoms. The Morgan fingerprint density at radius 3 is 2.57 bits per heavy atom. The molecule has 0 saturated carbocycles. The van der Waals surface area contributed by atoms with Crippen molar-refractivity contribution >= 4 is 17.7 Å². The van der Waals surface area contributed by atoms with Crippen molar-refractivity contribution in [2.45, 2.75) is 52.0 Å². The number of carbonyl (C=O) groups is 1. The molecule has 0 saturated heterocycles. The zero-order valence-corrected chi connectivity index (χ0v) is 10.5. The number of amides is 1. The van der Waals surface area contributed by atoms with E-state index in [1.807, 2.05) is 0 Å². The van der Waals surface area contributed by atoms with Crippen LogP contribution in [0.3, 0.4) is 0 Å². The van der Waals surface area contributed by atoms with Crippen LogP contribution in [0.4, 0.5) is 0 Å². The normalized spacial score (nSPS) is 12.5. The molecular weight excluding hydrogens is 194 g/mol. The first kappa shape index (κ1) is 13.8. The van der Waals surface area contributed by atoms with Gasteiger partial charge >= 0.3 is 0 Å². The fourth-order valence-electron chi connectivity index (χ4n) is 1.50. The fraction of sp³-hybridized carbons (Fsp3) is 0.909. The van der Waals surface area contributed by atoms with Gasteiger partial charge in [0.15, 0.2) is 0 Å². The molecule has 0 spiro atoms. The van der Waals surface area contributed by atoms with Gasteiger partial charge in [0.05, 0.1) is 0 Å². The number of nitrogens with one attached hydrogen (secondary N) is 1. The first-order valence-corrected chi connectivity index (χ1v) is 6.86. The van der Waals surface area contributed by atoms with Crippen LogP contribution in [-0.4, -0.2) is 24.0 Å². The largest absolute Gasteiger partial charge is 0.353 e. The quantitative estimate of drug-likeness (QED) is 0.633. The fourth-order valence-corrected chi connectivity index (χ4v) is 2.16. The second kappa shape index (κ2) is 9.38. The number of rotatable bonds is 8. The third kappa shape index (κ3) is 8.42. The number of unbranched alkanes of at least 4 members (excludes halogenated alkanes) is 3. The van der Waals surface area contributed by atoms with E-state index in [-0.39, 0.29) is 5.91 Å². The maximum absolute atomic E-state index is 10.9. The zero-order valence-electron chi connectivity index (χ0n) is 9.64. The van der Waals surface area contributed by atoms with Crippen molar-refractivity contribution in [3.05, 3.63) is 0 Å². The highest BCUT2D eigenvalue weighted by Crippen LogP contribution is 2.08. The first-order chi connectivity index (χ1) is 6.70. The molecular formula is C11H23NOS. The van der Waals surface area contributed by atoms with E-state index in [1.54, 1.807) is 18.7 Å². The molecule has 0 fully saturated rings. The Bertz CT molecular complexity index is 150. The Morgan fingerprint density at radius 2 is 2.07 bits per heavy atom. The van der Waals surface area contributed by atoms with Crippen molar-refractivity contribution in [1.29, 1.82) is 0 Å². The van der Waals surface area contributed by atoms with Crippen LogP contribution in [0.2, 0.25) is 0 Å². The number of carbonyl (C=O) groups excluding carboxylic acids is 1. The topological polar surface area (TPSA) is 29.1 Å². The van der Waals surface area contributed by atoms with Gasteiger partial charge in [0.1, 0.15) is 0 Å². The van der Waals surface area contributed by atoms with Gasteiger partial charge in [0.25, 0.3) is 0 Å². The van der Waals surface area contributed by atoms with Crippen molar-refractivity contribution in [1.82, 2.24) is 5.32 Å². The maximum atomic E-state index is 10.9.